The zero-order chi connectivity index (χ0) is 41.1. The van der Waals surface area contributed by atoms with E-state index in [-0.39, 0.29) is 40.3 Å². The van der Waals surface area contributed by atoms with Crippen molar-refractivity contribution in [2.75, 3.05) is 4.90 Å². The molecule has 18 heteroatoms. The number of carbonyl (C=O) groups is 4. The van der Waals surface area contributed by atoms with E-state index in [1.54, 1.807) is 40.0 Å². The topological polar surface area (TPSA) is 157 Å². The fourth-order valence-electron chi connectivity index (χ4n) is 6.89. The highest BCUT2D eigenvalue weighted by atomic mass is 35.5. The lowest BCUT2D eigenvalue weighted by Gasteiger charge is -2.27. The fourth-order valence-corrected chi connectivity index (χ4v) is 7.41. The van der Waals surface area contributed by atoms with E-state index in [9.17, 15) is 32.3 Å². The Morgan fingerprint density at radius 3 is 2.16 bits per heavy atom. The molecule has 0 saturated heterocycles. The molecule has 2 aromatic carbocycles. The minimum Gasteiger partial charge on any atom is -0.444 e. The Bertz CT molecular complexity index is 2250. The van der Waals surface area contributed by atoms with Crippen LogP contribution in [0.15, 0.2) is 67.0 Å². The third-order valence-corrected chi connectivity index (χ3v) is 10.4. The lowest BCUT2D eigenvalue weighted by atomic mass is 9.91. The quantitative estimate of drug-likeness (QED) is 0.143. The summed E-state index contributed by atoms with van der Waals surface area (Å²) in [4.78, 5) is 65.0. The molecule has 57 heavy (non-hydrogen) atoms. The summed E-state index contributed by atoms with van der Waals surface area (Å²) < 4.78 is 49.3. The second-order valence-electron chi connectivity index (χ2n) is 15.7. The monoisotopic (exact) mass is 827 g/mol. The lowest BCUT2D eigenvalue weighted by Crippen LogP contribution is -2.52. The summed E-state index contributed by atoms with van der Waals surface area (Å²) in [5, 5.41) is 9.20. The van der Waals surface area contributed by atoms with Gasteiger partial charge in [-0.3, -0.25) is 23.9 Å². The minimum absolute atomic E-state index is 0.0273. The maximum atomic E-state index is 14.4. The molecule has 1 atom stereocenters. The second-order valence-corrected chi connectivity index (χ2v) is 16.5. The molecule has 1 aliphatic heterocycles. The molecule has 2 aliphatic carbocycles. The molecular formula is C39H38Cl2F3N7O6. The summed E-state index contributed by atoms with van der Waals surface area (Å²) in [7, 11) is 0. The number of rotatable bonds is 11. The lowest BCUT2D eigenvalue weighted by molar-refractivity contribution is -0.274. The molecule has 0 spiro atoms. The SMILES string of the molecule is CC(C)(C)OC(=O)NCc1ccnc(C2(NC(=O)C3(NC(=O)c4cnc5n4C(C)(Cc4ccc(OC(F)(F)F)cc4)C(=O)N5c4cc(Cl)cc(Cl)c4)CC3)CC2)c1. The molecule has 2 fully saturated rings. The molecule has 1 unspecified atom stereocenters. The number of carbonyl (C=O) groups excluding carboxylic acids is 4. The normalized spacial score (nSPS) is 19.0. The van der Waals surface area contributed by atoms with Gasteiger partial charge in [0.15, 0.2) is 0 Å². The van der Waals surface area contributed by atoms with Gasteiger partial charge in [-0.05, 0) is 107 Å². The van der Waals surface area contributed by atoms with Gasteiger partial charge in [-0.1, -0.05) is 35.3 Å². The number of nitrogens with one attached hydrogen (secondary N) is 3. The van der Waals surface area contributed by atoms with Crippen molar-refractivity contribution >= 4 is 58.7 Å². The van der Waals surface area contributed by atoms with E-state index >= 15 is 0 Å². The number of aromatic nitrogens is 3. The first kappa shape index (κ1) is 39.9. The predicted octanol–water partition coefficient (Wildman–Crippen LogP) is 7.21. The number of anilines is 2. The molecule has 2 aromatic heterocycles. The highest BCUT2D eigenvalue weighted by molar-refractivity contribution is 6.35. The highest BCUT2D eigenvalue weighted by Crippen LogP contribution is 2.48. The van der Waals surface area contributed by atoms with Gasteiger partial charge >= 0.3 is 12.5 Å². The number of nitrogens with zero attached hydrogens (tertiary/aromatic N) is 4. The summed E-state index contributed by atoms with van der Waals surface area (Å²) in [5.74, 6) is -1.95. The van der Waals surface area contributed by atoms with Crippen LogP contribution in [0.5, 0.6) is 5.75 Å². The van der Waals surface area contributed by atoms with E-state index < -0.39 is 58.1 Å². The van der Waals surface area contributed by atoms with Crippen LogP contribution in [0.2, 0.25) is 10.0 Å². The van der Waals surface area contributed by atoms with E-state index in [4.69, 9.17) is 27.9 Å². The van der Waals surface area contributed by atoms with Gasteiger partial charge in [0.2, 0.25) is 11.9 Å². The van der Waals surface area contributed by atoms with E-state index in [0.29, 0.717) is 36.9 Å². The van der Waals surface area contributed by atoms with Gasteiger partial charge in [-0.2, -0.15) is 0 Å². The number of hydrogen-bond donors (Lipinski definition) is 3. The van der Waals surface area contributed by atoms with Gasteiger partial charge in [-0.25, -0.2) is 14.7 Å². The van der Waals surface area contributed by atoms with Gasteiger partial charge in [0.1, 0.15) is 28.1 Å². The van der Waals surface area contributed by atoms with Gasteiger partial charge in [0.25, 0.3) is 11.8 Å². The smallest absolute Gasteiger partial charge is 0.444 e. The maximum absolute atomic E-state index is 14.4. The van der Waals surface area contributed by atoms with E-state index in [0.717, 1.165) is 17.7 Å². The zero-order valence-electron chi connectivity index (χ0n) is 31.2. The van der Waals surface area contributed by atoms with Crippen LogP contribution in [0.25, 0.3) is 0 Å². The Morgan fingerprint density at radius 1 is 0.895 bits per heavy atom. The molecule has 13 nitrogen and oxygen atoms in total. The van der Waals surface area contributed by atoms with E-state index in [1.807, 2.05) is 6.07 Å². The number of ether oxygens (including phenoxy) is 2. The van der Waals surface area contributed by atoms with Crippen LogP contribution in [-0.4, -0.2) is 55.9 Å². The molecule has 300 valence electrons. The summed E-state index contributed by atoms with van der Waals surface area (Å²) in [6.45, 7) is 7.08. The summed E-state index contributed by atoms with van der Waals surface area (Å²) >= 11 is 12.6. The fraction of sp³-hybridized carbons (Fsp3) is 0.385. The third-order valence-electron chi connectivity index (χ3n) is 9.93. The number of pyridine rings is 1. The zero-order valence-corrected chi connectivity index (χ0v) is 32.7. The van der Waals surface area contributed by atoms with Crippen molar-refractivity contribution in [2.24, 2.45) is 0 Å². The minimum atomic E-state index is -4.89. The molecular weight excluding hydrogens is 790 g/mol. The van der Waals surface area contributed by atoms with Crippen LogP contribution in [0.3, 0.4) is 0 Å². The number of fused-ring (bicyclic) bond motifs is 1. The largest absolute Gasteiger partial charge is 0.573 e. The van der Waals surface area contributed by atoms with Crippen molar-refractivity contribution in [3.05, 3.63) is 99.6 Å². The Kier molecular flexibility index (Phi) is 9.96. The molecule has 3 N–H and O–H groups in total. The molecule has 0 bridgehead atoms. The number of halogens is 5. The van der Waals surface area contributed by atoms with Gasteiger partial charge in [0.05, 0.1) is 23.1 Å². The van der Waals surface area contributed by atoms with Crippen LogP contribution < -0.4 is 25.6 Å². The molecule has 4 aromatic rings. The van der Waals surface area contributed by atoms with Crippen molar-refractivity contribution < 1.29 is 41.8 Å². The molecule has 7 rings (SSSR count). The Balaban J connectivity index is 1.12. The first-order valence-corrected chi connectivity index (χ1v) is 18.8. The number of imidazole rings is 1. The number of alkyl halides is 3. The van der Waals surface area contributed by atoms with Gasteiger partial charge in [0, 0.05) is 29.2 Å². The van der Waals surface area contributed by atoms with E-state index in [2.05, 4.69) is 30.7 Å². The van der Waals surface area contributed by atoms with Crippen LogP contribution in [-0.2, 0) is 38.4 Å². The summed E-state index contributed by atoms with van der Waals surface area (Å²) in [5.41, 5.74) is -2.12. The van der Waals surface area contributed by atoms with Crippen LogP contribution in [0.1, 0.15) is 80.7 Å². The molecule has 3 heterocycles. The van der Waals surface area contributed by atoms with Crippen LogP contribution in [0.4, 0.5) is 29.6 Å². The summed E-state index contributed by atoms with van der Waals surface area (Å²) in [6.07, 6.45) is -0.691. The molecule has 3 aliphatic rings. The number of hydrogen-bond acceptors (Lipinski definition) is 8. The molecule has 0 radical (unpaired) electrons. The van der Waals surface area contributed by atoms with Crippen molar-refractivity contribution in [2.45, 2.75) is 94.9 Å². The number of alkyl carbamates (subject to hydrolysis) is 1. The first-order chi connectivity index (χ1) is 26.7. The highest BCUT2D eigenvalue weighted by Gasteiger charge is 2.57. The summed E-state index contributed by atoms with van der Waals surface area (Å²) in [6, 6.07) is 13.1. The van der Waals surface area contributed by atoms with Crippen molar-refractivity contribution in [1.82, 2.24) is 30.5 Å². The predicted molar refractivity (Wildman–Crippen MR) is 202 cm³/mol. The maximum Gasteiger partial charge on any atom is 0.573 e. The average molecular weight is 829 g/mol. The van der Waals surface area contributed by atoms with Crippen molar-refractivity contribution in [1.29, 1.82) is 0 Å². The molecule has 4 amide bonds. The van der Waals surface area contributed by atoms with E-state index in [1.165, 1.54) is 46.0 Å². The Labute approximate surface area is 335 Å². The average Bonchev–Trinajstić information content (AvgIpc) is 4.02. The van der Waals surface area contributed by atoms with Crippen LogP contribution >= 0.6 is 23.2 Å². The number of amides is 4. The Morgan fingerprint density at radius 2 is 1.56 bits per heavy atom. The molecule has 2 saturated carbocycles. The first-order valence-electron chi connectivity index (χ1n) is 18.0. The standard InChI is InChI=1S/C39H38Cl2F3N7O6/c1-35(2,3)57-34(55)47-20-23-9-14-45-29(15-23)37(10-11-37)49-31(53)38(12-13-38)48-30(52)28-21-46-33-50(26-17-24(40)16-25(41)18-26)32(54)36(4,51(28)33)19-22-5-7-27(8-6-22)56-39(42,43)44/h5-9,14-18,21H,10-13,19-20H2,1-4H3,(H,47,55)(H,48,52)(H,49,53). The number of benzene rings is 2. The van der Waals surface area contributed by atoms with Crippen molar-refractivity contribution in [3.8, 4) is 5.75 Å². The van der Waals surface area contributed by atoms with Gasteiger partial charge in [-0.15, -0.1) is 13.2 Å². The Hall–Kier alpha value is -5.35. The van der Waals surface area contributed by atoms with Gasteiger partial charge < -0.3 is 25.4 Å². The van der Waals surface area contributed by atoms with Crippen LogP contribution in [0, 0.1) is 0 Å². The third kappa shape index (κ3) is 8.37. The van der Waals surface area contributed by atoms with Crippen molar-refractivity contribution in [3.63, 3.8) is 0 Å². The second kappa shape index (κ2) is 14.2.